The third-order valence-electron chi connectivity index (χ3n) is 14.2. The van der Waals surface area contributed by atoms with Crippen LogP contribution in [0.25, 0.3) is 22.1 Å². The molecule has 0 aliphatic rings. The molecule has 562 valence electrons. The summed E-state index contributed by atoms with van der Waals surface area (Å²) in [6.45, 7) is 20.9. The van der Waals surface area contributed by atoms with Gasteiger partial charge in [-0.25, -0.2) is 14.8 Å². The topological polar surface area (TPSA) is 494 Å². The second-order valence-electron chi connectivity index (χ2n) is 24.9. The molecule has 3 amide bonds. The maximum atomic E-state index is 12.2. The number of ether oxygens (including phenoxy) is 6. The Bertz CT molecular complexity index is 4840. The minimum absolute atomic E-state index is 0. The van der Waals surface area contributed by atoms with Crippen LogP contribution in [0.15, 0.2) is 183 Å². The standard InChI is InChI=1S/C17H21N3O2.C17H20N2O3.C15H13N3O3.C14H12N4O2.C12H13N3O.ClH.H3N.O2S.H2O/c1-11-5-7-12(8-6-11)22-14-10-19-9-13(18)15(14)20-16(21)17(2,3)4;1-11-5-7-12(8-6-11)22-14-10-18-9-13(20)15(14)19-16(21)17(2,3)4;1-9-3-5-10(6-4-9)21-12-8-16-7-11-13(12)18-14(17-11)15(19)20-2;1-8-2-4-9(5-3-8)20-11-7-16-6-10-12(11)18-14(17-10)13(15)19;1-8-2-4-9(5-3-8)16-11-7-15-6-10(13)12(11)14;;;1-3-2;/h5-10H,18H2,1-4H3,(H,19,20,21);5-10,20H,1-4H3,(H,18,19,21);3-8H,1-2H3,(H,17,18);2-7H,1H3,(H2,15,19)(H,17,18);2-7H,13H2,1H3,(H2,14,15);1H;1H3;;1H2. The summed E-state index contributed by atoms with van der Waals surface area (Å²) in [5.41, 5.74) is 31.3. The summed E-state index contributed by atoms with van der Waals surface area (Å²) < 4.78 is 49.8. The fourth-order valence-corrected chi connectivity index (χ4v) is 8.39. The van der Waals surface area contributed by atoms with Gasteiger partial charge in [0, 0.05) is 10.8 Å². The molecule has 7 heterocycles. The summed E-state index contributed by atoms with van der Waals surface area (Å²) in [6.07, 6.45) is 15.0. The third-order valence-corrected chi connectivity index (χ3v) is 14.2. The fourth-order valence-electron chi connectivity index (χ4n) is 8.39. The lowest BCUT2D eigenvalue weighted by Gasteiger charge is -2.20. The normalized spacial score (nSPS) is 10.2. The number of amides is 3. The molecule has 32 heteroatoms. The molecule has 107 heavy (non-hydrogen) atoms. The number of methoxy groups -OCH3 is 1. The number of esters is 1. The number of imidazole rings is 2. The monoisotopic (exact) mass is 1500 g/mol. The fraction of sp³-hybridized carbons (Fsp3) is 0.187. The van der Waals surface area contributed by atoms with Crippen LogP contribution in [-0.2, 0) is 25.9 Å². The van der Waals surface area contributed by atoms with Gasteiger partial charge < -0.3 is 88.7 Å². The Morgan fingerprint density at radius 1 is 0.439 bits per heavy atom. The molecule has 0 unspecified atom stereocenters. The highest BCUT2D eigenvalue weighted by Gasteiger charge is 2.26. The molecule has 0 bridgehead atoms. The number of hydrogen-bond acceptors (Lipinski definition) is 24. The number of nitrogens with one attached hydrogen (secondary N) is 4. The number of carbonyl (C=O) groups excluding carboxylic acids is 4. The molecule has 12 aromatic rings. The molecule has 0 spiro atoms. The van der Waals surface area contributed by atoms with Crippen molar-refractivity contribution in [2.45, 2.75) is 76.2 Å². The number of nitrogen functional groups attached to an aromatic ring is 3. The van der Waals surface area contributed by atoms with Crippen molar-refractivity contribution >= 4 is 98.2 Å². The molecule has 5 aromatic carbocycles. The van der Waals surface area contributed by atoms with Crippen LogP contribution in [0, 0.1) is 45.4 Å². The van der Waals surface area contributed by atoms with E-state index < -0.39 is 34.3 Å². The summed E-state index contributed by atoms with van der Waals surface area (Å²) in [4.78, 5) is 81.0. The van der Waals surface area contributed by atoms with Crippen molar-refractivity contribution in [1.29, 1.82) is 0 Å². The van der Waals surface area contributed by atoms with Gasteiger partial charge in [-0.1, -0.05) is 130 Å². The van der Waals surface area contributed by atoms with Gasteiger partial charge in [-0.15, -0.1) is 12.4 Å². The number of hydrogen-bond donors (Lipinski definition) is 10. The number of anilines is 5. The Balaban J connectivity index is 0.000000279. The van der Waals surface area contributed by atoms with Gasteiger partial charge in [0.05, 0.1) is 91.5 Å². The molecule has 7 aromatic heterocycles. The molecule has 0 saturated carbocycles. The van der Waals surface area contributed by atoms with Crippen LogP contribution in [0.3, 0.4) is 0 Å². The number of aromatic nitrogens is 9. The highest BCUT2D eigenvalue weighted by Crippen LogP contribution is 2.38. The maximum absolute atomic E-state index is 12.2. The highest BCUT2D eigenvalue weighted by atomic mass is 35.5. The molecular formula is C75H85ClN16O14S. The van der Waals surface area contributed by atoms with Crippen molar-refractivity contribution in [2.75, 3.05) is 34.9 Å². The largest absolute Gasteiger partial charge is 0.504 e. The number of rotatable bonds is 14. The number of primary amides is 1. The zero-order chi connectivity index (χ0) is 75.8. The van der Waals surface area contributed by atoms with Gasteiger partial charge in [-0.2, -0.15) is 8.42 Å². The predicted molar refractivity (Wildman–Crippen MR) is 412 cm³/mol. The van der Waals surface area contributed by atoms with Crippen molar-refractivity contribution in [3.8, 4) is 63.2 Å². The summed E-state index contributed by atoms with van der Waals surface area (Å²) in [5.74, 6) is 4.00. The van der Waals surface area contributed by atoms with E-state index in [4.69, 9.17) is 55.0 Å². The molecule has 12 rings (SSSR count). The molecular weight excluding hydrogens is 1420 g/mol. The number of nitrogens with two attached hydrogens (primary N) is 4. The van der Waals surface area contributed by atoms with Crippen LogP contribution < -0.4 is 63.4 Å². The molecule has 0 fully saturated rings. The highest BCUT2D eigenvalue weighted by molar-refractivity contribution is 7.51. The minimum Gasteiger partial charge on any atom is -0.504 e. The van der Waals surface area contributed by atoms with Crippen molar-refractivity contribution < 1.29 is 66.6 Å². The molecule has 0 saturated heterocycles. The van der Waals surface area contributed by atoms with Gasteiger partial charge in [-0.05, 0) is 95.3 Å². The van der Waals surface area contributed by atoms with Crippen molar-refractivity contribution in [2.24, 2.45) is 16.6 Å². The van der Waals surface area contributed by atoms with Gasteiger partial charge >= 0.3 is 17.5 Å². The van der Waals surface area contributed by atoms with E-state index >= 15 is 0 Å². The summed E-state index contributed by atoms with van der Waals surface area (Å²) >= 11 is -0.750. The Hall–Kier alpha value is -13.1. The van der Waals surface area contributed by atoms with E-state index in [9.17, 15) is 24.3 Å². The van der Waals surface area contributed by atoms with E-state index in [2.05, 4.69) is 60.2 Å². The second-order valence-corrected chi connectivity index (χ2v) is 25.1. The summed E-state index contributed by atoms with van der Waals surface area (Å²) in [5, 5.41) is 15.5. The van der Waals surface area contributed by atoms with E-state index in [1.54, 1.807) is 51.8 Å². The SMILES string of the molecule is COC(=O)c1nc2c(Oc3ccc(C)cc3)cncc2[nH]1.Cc1ccc(Oc2cncc(N)c2N)cc1.Cc1ccc(Oc2cncc(N)c2NC(=O)C(C)(C)C)cc1.Cc1ccc(Oc2cncc(O)c2NC(=O)C(C)(C)C)cc1.Cc1ccc(Oc2cncc3[nH]c(C(N)=O)nc23)cc1.Cl.N.O.O=S=O. The third kappa shape index (κ3) is 25.7. The predicted octanol–water partition coefficient (Wildman–Crippen LogP) is 14.1. The van der Waals surface area contributed by atoms with Crippen molar-refractivity contribution in [1.82, 2.24) is 51.0 Å². The van der Waals surface area contributed by atoms with Crippen molar-refractivity contribution in [3.05, 3.63) is 223 Å². The van der Waals surface area contributed by atoms with Crippen LogP contribution in [0.2, 0.25) is 0 Å². The number of H-pyrrole nitrogens is 2. The lowest BCUT2D eigenvalue weighted by atomic mass is 9.95. The Morgan fingerprint density at radius 2 is 0.729 bits per heavy atom. The molecule has 30 nitrogen and oxygen atoms in total. The van der Waals surface area contributed by atoms with Gasteiger partial charge in [0.1, 0.15) is 56.8 Å². The molecule has 0 radical (unpaired) electrons. The number of carbonyl (C=O) groups is 4. The number of nitrogens with zero attached hydrogens (tertiary/aromatic N) is 7. The van der Waals surface area contributed by atoms with Crippen LogP contribution in [0.1, 0.15) is 90.6 Å². The Kier molecular flexibility index (Phi) is 32.3. The second kappa shape index (κ2) is 40.1. The van der Waals surface area contributed by atoms with E-state index in [0.29, 0.717) is 102 Å². The first-order chi connectivity index (χ1) is 49.4. The number of fused-ring (bicyclic) bond motifs is 2. The molecule has 0 atom stereocenters. The number of aromatic amines is 2. The van der Waals surface area contributed by atoms with Crippen LogP contribution in [0.4, 0.5) is 28.4 Å². The Labute approximate surface area is 626 Å². The lowest BCUT2D eigenvalue weighted by molar-refractivity contribution is -0.123. The molecule has 0 aliphatic carbocycles. The number of benzene rings is 5. The number of halogens is 1. The summed E-state index contributed by atoms with van der Waals surface area (Å²) in [6, 6.07) is 38.0. The maximum Gasteiger partial charge on any atom is 0.374 e. The molecule has 0 aliphatic heterocycles. The summed E-state index contributed by atoms with van der Waals surface area (Å²) in [7, 11) is 1.30. The minimum atomic E-state index is -0.750. The van der Waals surface area contributed by atoms with Gasteiger partial charge in [-0.3, -0.25) is 39.3 Å². The zero-order valence-electron chi connectivity index (χ0n) is 60.6. The molecule has 18 N–H and O–H groups in total. The van der Waals surface area contributed by atoms with E-state index in [1.165, 1.54) is 43.7 Å². The average Bonchev–Trinajstić information content (AvgIpc) is 1.68. The van der Waals surface area contributed by atoms with Gasteiger partial charge in [0.2, 0.25) is 17.6 Å². The van der Waals surface area contributed by atoms with Gasteiger partial charge in [0.15, 0.2) is 40.3 Å². The van der Waals surface area contributed by atoms with Crippen LogP contribution in [0.5, 0.6) is 63.2 Å². The van der Waals surface area contributed by atoms with Gasteiger partial charge in [0.25, 0.3) is 5.91 Å². The Morgan fingerprint density at radius 3 is 1.09 bits per heavy atom. The number of aromatic hydroxyl groups is 1. The van der Waals surface area contributed by atoms with Crippen molar-refractivity contribution in [3.63, 3.8) is 0 Å². The number of aryl methyl sites for hydroxylation is 5. The van der Waals surface area contributed by atoms with Crippen LogP contribution in [-0.4, -0.2) is 94.7 Å². The zero-order valence-corrected chi connectivity index (χ0v) is 62.3. The van der Waals surface area contributed by atoms with E-state index in [0.717, 1.165) is 22.3 Å². The smallest absolute Gasteiger partial charge is 0.374 e. The van der Waals surface area contributed by atoms with E-state index in [1.807, 2.05) is 177 Å². The first-order valence-electron chi connectivity index (χ1n) is 31.7. The first-order valence-corrected chi connectivity index (χ1v) is 32.3. The quantitative estimate of drug-likeness (QED) is 0.0452. The number of pyridine rings is 5. The van der Waals surface area contributed by atoms with Crippen LogP contribution >= 0.6 is 12.4 Å². The lowest BCUT2D eigenvalue weighted by Crippen LogP contribution is -2.28. The average molecular weight is 1500 g/mol. The first kappa shape index (κ1) is 86.3. The van der Waals surface area contributed by atoms with E-state index in [-0.39, 0.29) is 58.9 Å².